The van der Waals surface area contributed by atoms with Crippen molar-refractivity contribution < 1.29 is 14.0 Å². The summed E-state index contributed by atoms with van der Waals surface area (Å²) in [4.78, 5) is 26.0. The van der Waals surface area contributed by atoms with Gasteiger partial charge in [-0.05, 0) is 43.2 Å². The van der Waals surface area contributed by atoms with Gasteiger partial charge in [0.25, 0.3) is 0 Å². The predicted molar refractivity (Wildman–Crippen MR) is 83.5 cm³/mol. The van der Waals surface area contributed by atoms with Crippen LogP contribution in [0.15, 0.2) is 46.1 Å². The summed E-state index contributed by atoms with van der Waals surface area (Å²) in [5.74, 6) is -0.560. The minimum Gasteiger partial charge on any atom is -0.327 e. The fraction of sp³-hybridized carbons (Fsp3) is 0.250. The number of nitrogens with one attached hydrogen (secondary N) is 1. The number of benzene rings is 1. The summed E-state index contributed by atoms with van der Waals surface area (Å²) in [6.07, 6.45) is 4.47. The number of halogens is 2. The molecular weight excluding hydrogens is 351 g/mol. The molecule has 0 bridgehead atoms. The zero-order valence-corrected chi connectivity index (χ0v) is 13.5. The van der Waals surface area contributed by atoms with Gasteiger partial charge in [-0.2, -0.15) is 0 Å². The summed E-state index contributed by atoms with van der Waals surface area (Å²) in [7, 11) is 0. The molecule has 4 nitrogen and oxygen atoms in total. The molecule has 0 saturated carbocycles. The van der Waals surface area contributed by atoms with Crippen LogP contribution in [0.25, 0.3) is 0 Å². The number of amides is 2. The molecule has 1 N–H and O–H groups in total. The van der Waals surface area contributed by atoms with Gasteiger partial charge in [-0.1, -0.05) is 22.0 Å². The van der Waals surface area contributed by atoms with Crippen molar-refractivity contribution in [1.29, 1.82) is 0 Å². The number of carbonyl (C=O) groups is 2. The summed E-state index contributed by atoms with van der Waals surface area (Å²) in [5.41, 5.74) is 1.61. The molecule has 0 fully saturated rings. The second kappa shape index (κ2) is 5.68. The molecule has 2 amide bonds. The minimum atomic E-state index is -0.663. The first-order valence-corrected chi connectivity index (χ1v) is 7.73. The minimum absolute atomic E-state index is 0.146. The van der Waals surface area contributed by atoms with Gasteiger partial charge in [0, 0.05) is 16.6 Å². The Labute approximate surface area is 135 Å². The van der Waals surface area contributed by atoms with Crippen molar-refractivity contribution in [2.75, 3.05) is 6.54 Å². The Morgan fingerprint density at radius 1 is 1.45 bits per heavy atom. The van der Waals surface area contributed by atoms with E-state index in [-0.39, 0.29) is 11.8 Å². The Hall–Kier alpha value is -1.95. The van der Waals surface area contributed by atoms with Gasteiger partial charge < -0.3 is 5.32 Å². The SMILES string of the molecule is CC(=O)C1=C2C=CCCN2C(=O)NC1c1cc(F)ccc1Br. The highest BCUT2D eigenvalue weighted by Gasteiger charge is 2.36. The maximum Gasteiger partial charge on any atom is 0.322 e. The van der Waals surface area contributed by atoms with Gasteiger partial charge in [0.15, 0.2) is 5.78 Å². The van der Waals surface area contributed by atoms with Gasteiger partial charge >= 0.3 is 6.03 Å². The molecule has 1 unspecified atom stereocenters. The first-order chi connectivity index (χ1) is 10.5. The van der Waals surface area contributed by atoms with Crippen LogP contribution in [0.3, 0.4) is 0 Å². The van der Waals surface area contributed by atoms with Crippen molar-refractivity contribution in [2.45, 2.75) is 19.4 Å². The molecule has 2 aliphatic heterocycles. The van der Waals surface area contributed by atoms with E-state index in [9.17, 15) is 14.0 Å². The lowest BCUT2D eigenvalue weighted by atomic mass is 9.91. The number of rotatable bonds is 2. The Morgan fingerprint density at radius 2 is 2.23 bits per heavy atom. The molecule has 1 atom stereocenters. The highest BCUT2D eigenvalue weighted by Crippen LogP contribution is 2.36. The quantitative estimate of drug-likeness (QED) is 0.873. The molecule has 114 valence electrons. The third kappa shape index (κ3) is 2.47. The molecule has 0 aliphatic carbocycles. The molecule has 3 rings (SSSR count). The zero-order valence-electron chi connectivity index (χ0n) is 11.9. The average Bonchev–Trinajstić information content (AvgIpc) is 2.49. The highest BCUT2D eigenvalue weighted by atomic mass is 79.9. The largest absolute Gasteiger partial charge is 0.327 e. The van der Waals surface area contributed by atoms with E-state index in [2.05, 4.69) is 21.2 Å². The Bertz CT molecular complexity index is 727. The number of nitrogens with zero attached hydrogens (tertiary/aromatic N) is 1. The summed E-state index contributed by atoms with van der Waals surface area (Å²) >= 11 is 3.37. The van der Waals surface area contributed by atoms with Crippen LogP contribution in [0.4, 0.5) is 9.18 Å². The van der Waals surface area contributed by atoms with Gasteiger partial charge in [0.2, 0.25) is 0 Å². The van der Waals surface area contributed by atoms with Gasteiger partial charge in [0.1, 0.15) is 5.82 Å². The summed E-state index contributed by atoms with van der Waals surface area (Å²) in [6, 6.07) is 3.30. The van der Waals surface area contributed by atoms with Crippen LogP contribution in [0.1, 0.15) is 24.9 Å². The number of Topliss-reactive ketones (excluding diaryl/α,β-unsaturated/α-hetero) is 1. The van der Waals surface area contributed by atoms with Crippen LogP contribution in [-0.2, 0) is 4.79 Å². The maximum atomic E-state index is 13.6. The molecule has 2 aliphatic rings. The van der Waals surface area contributed by atoms with Gasteiger partial charge in [-0.25, -0.2) is 9.18 Å². The van der Waals surface area contributed by atoms with E-state index in [0.29, 0.717) is 27.9 Å². The molecule has 0 spiro atoms. The second-order valence-electron chi connectivity index (χ2n) is 5.25. The summed E-state index contributed by atoms with van der Waals surface area (Å²) in [5, 5.41) is 2.81. The van der Waals surface area contributed by atoms with Crippen molar-refractivity contribution in [1.82, 2.24) is 10.2 Å². The molecular formula is C16H14BrFN2O2. The highest BCUT2D eigenvalue weighted by molar-refractivity contribution is 9.10. The van der Waals surface area contributed by atoms with E-state index in [4.69, 9.17) is 0 Å². The molecule has 2 heterocycles. The number of allylic oxidation sites excluding steroid dienone is 1. The fourth-order valence-electron chi connectivity index (χ4n) is 2.83. The van der Waals surface area contributed by atoms with Crippen LogP contribution in [-0.4, -0.2) is 23.3 Å². The van der Waals surface area contributed by atoms with Crippen molar-refractivity contribution in [2.24, 2.45) is 0 Å². The molecule has 22 heavy (non-hydrogen) atoms. The normalized spacial score (nSPS) is 20.8. The zero-order chi connectivity index (χ0) is 15.9. The number of carbonyl (C=O) groups excluding carboxylic acids is 2. The van der Waals surface area contributed by atoms with Gasteiger partial charge in [-0.15, -0.1) is 0 Å². The smallest absolute Gasteiger partial charge is 0.322 e. The first kappa shape index (κ1) is 15.0. The molecule has 0 aromatic heterocycles. The van der Waals surface area contributed by atoms with Crippen LogP contribution in [0.5, 0.6) is 0 Å². The first-order valence-electron chi connectivity index (χ1n) is 6.93. The van der Waals surface area contributed by atoms with Crippen LogP contribution >= 0.6 is 15.9 Å². The van der Waals surface area contributed by atoms with Crippen molar-refractivity contribution in [3.05, 3.63) is 57.5 Å². The molecule has 1 aromatic rings. The lowest BCUT2D eigenvalue weighted by molar-refractivity contribution is -0.114. The Morgan fingerprint density at radius 3 is 2.95 bits per heavy atom. The topological polar surface area (TPSA) is 49.4 Å². The Balaban J connectivity index is 2.20. The number of hydrogen-bond acceptors (Lipinski definition) is 2. The van der Waals surface area contributed by atoms with E-state index in [1.54, 1.807) is 17.0 Å². The van der Waals surface area contributed by atoms with Crippen molar-refractivity contribution in [3.63, 3.8) is 0 Å². The molecule has 0 saturated heterocycles. The van der Waals surface area contributed by atoms with E-state index >= 15 is 0 Å². The molecule has 1 aromatic carbocycles. The predicted octanol–water partition coefficient (Wildman–Crippen LogP) is 3.46. The number of fused-ring (bicyclic) bond motifs is 1. The molecule has 6 heteroatoms. The third-order valence-corrected chi connectivity index (χ3v) is 4.53. The number of urea groups is 1. The fourth-order valence-corrected chi connectivity index (χ4v) is 3.30. The van der Waals surface area contributed by atoms with Crippen LogP contribution < -0.4 is 5.32 Å². The maximum absolute atomic E-state index is 13.6. The van der Waals surface area contributed by atoms with E-state index < -0.39 is 11.9 Å². The Kier molecular flexibility index (Phi) is 3.87. The van der Waals surface area contributed by atoms with Crippen molar-refractivity contribution in [3.8, 4) is 0 Å². The summed E-state index contributed by atoms with van der Waals surface area (Å²) < 4.78 is 14.2. The number of ketones is 1. The lowest BCUT2D eigenvalue weighted by Crippen LogP contribution is -2.48. The van der Waals surface area contributed by atoms with E-state index in [0.717, 1.165) is 6.42 Å². The van der Waals surface area contributed by atoms with Gasteiger partial charge in [0.05, 0.1) is 11.7 Å². The second-order valence-corrected chi connectivity index (χ2v) is 6.10. The van der Waals surface area contributed by atoms with E-state index in [1.165, 1.54) is 19.1 Å². The van der Waals surface area contributed by atoms with E-state index in [1.807, 2.05) is 6.08 Å². The van der Waals surface area contributed by atoms with Gasteiger partial charge in [-0.3, -0.25) is 9.69 Å². The summed E-state index contributed by atoms with van der Waals surface area (Å²) in [6.45, 7) is 1.99. The number of hydrogen-bond donors (Lipinski definition) is 1. The van der Waals surface area contributed by atoms with Crippen molar-refractivity contribution >= 4 is 27.7 Å². The van der Waals surface area contributed by atoms with Crippen LogP contribution in [0, 0.1) is 5.82 Å². The molecule has 0 radical (unpaired) electrons. The average molecular weight is 365 g/mol. The standard InChI is InChI=1S/C16H14BrFN2O2/c1-9(21)14-13-4-2-3-7-20(13)16(22)19-15(14)11-8-10(18)5-6-12(11)17/h2,4-6,8,15H,3,7H2,1H3,(H,19,22). The monoisotopic (exact) mass is 364 g/mol. The van der Waals surface area contributed by atoms with Crippen LogP contribution in [0.2, 0.25) is 0 Å². The third-order valence-electron chi connectivity index (χ3n) is 3.81. The lowest BCUT2D eigenvalue weighted by Gasteiger charge is -2.37.